The number of nitrogens with one attached hydrogen (secondary N) is 2. The Bertz CT molecular complexity index is 1290. The lowest BCUT2D eigenvalue weighted by Crippen LogP contribution is -2.42. The van der Waals surface area contributed by atoms with Crippen molar-refractivity contribution in [1.82, 2.24) is 15.2 Å². The first-order chi connectivity index (χ1) is 17.7. The van der Waals surface area contributed by atoms with E-state index in [9.17, 15) is 9.59 Å². The first kappa shape index (κ1) is 27.1. The molecule has 198 valence electrons. The molecule has 1 amide bonds. The Labute approximate surface area is 224 Å². The van der Waals surface area contributed by atoms with Crippen molar-refractivity contribution in [3.8, 4) is 10.4 Å². The van der Waals surface area contributed by atoms with Crippen molar-refractivity contribution in [3.05, 3.63) is 74.0 Å². The number of thiophene rings is 1. The second-order valence-corrected chi connectivity index (χ2v) is 11.4. The molecule has 2 aromatic heterocycles. The van der Waals surface area contributed by atoms with E-state index in [1.54, 1.807) is 11.3 Å². The van der Waals surface area contributed by atoms with Crippen LogP contribution in [0, 0.1) is 20.8 Å². The van der Waals surface area contributed by atoms with Gasteiger partial charge in [-0.05, 0) is 114 Å². The molecule has 0 radical (unpaired) electrons. The van der Waals surface area contributed by atoms with Crippen molar-refractivity contribution in [2.75, 3.05) is 25.5 Å². The number of pyridine rings is 1. The number of hydrogen-bond acceptors (Lipinski definition) is 5. The molecule has 0 saturated heterocycles. The number of hydrogen-bond donors (Lipinski definition) is 2. The second kappa shape index (κ2) is 11.7. The van der Waals surface area contributed by atoms with Gasteiger partial charge in [-0.3, -0.25) is 9.59 Å². The first-order valence-corrected chi connectivity index (χ1v) is 14.2. The SMILES string of the molecule is CCN(c1cc(-c2cccs2)cc(C(=O)NCc2c(C)cc(C)[nH]c2=O)c1C)C1CCC(N(C)C)CC1. The number of H-pyrrole nitrogens is 1. The highest BCUT2D eigenvalue weighted by molar-refractivity contribution is 7.13. The fraction of sp³-hybridized carbons (Fsp3) is 0.467. The van der Waals surface area contributed by atoms with Crippen LogP contribution in [0.25, 0.3) is 10.4 Å². The lowest BCUT2D eigenvalue weighted by Gasteiger charge is -2.40. The van der Waals surface area contributed by atoms with Crippen molar-refractivity contribution >= 4 is 22.9 Å². The van der Waals surface area contributed by atoms with E-state index < -0.39 is 0 Å². The van der Waals surface area contributed by atoms with E-state index in [0.717, 1.165) is 52.3 Å². The van der Waals surface area contributed by atoms with Crippen LogP contribution in [0.4, 0.5) is 5.69 Å². The summed E-state index contributed by atoms with van der Waals surface area (Å²) in [6, 6.07) is 11.5. The van der Waals surface area contributed by atoms with Crippen molar-refractivity contribution in [2.24, 2.45) is 0 Å². The summed E-state index contributed by atoms with van der Waals surface area (Å²) in [6.45, 7) is 9.14. The minimum Gasteiger partial charge on any atom is -0.369 e. The Morgan fingerprint density at radius 2 is 1.78 bits per heavy atom. The van der Waals surface area contributed by atoms with E-state index >= 15 is 0 Å². The number of aromatic nitrogens is 1. The molecule has 4 rings (SSSR count). The van der Waals surface area contributed by atoms with Gasteiger partial charge in [0.2, 0.25) is 0 Å². The summed E-state index contributed by atoms with van der Waals surface area (Å²) in [6.07, 6.45) is 4.68. The van der Waals surface area contributed by atoms with Crippen LogP contribution in [0.3, 0.4) is 0 Å². The third kappa shape index (κ3) is 5.99. The van der Waals surface area contributed by atoms with E-state index in [2.05, 4.69) is 65.6 Å². The van der Waals surface area contributed by atoms with Crippen LogP contribution in [0.1, 0.15) is 65.3 Å². The Morgan fingerprint density at radius 3 is 2.38 bits per heavy atom. The Balaban J connectivity index is 1.66. The van der Waals surface area contributed by atoms with E-state index in [1.807, 2.05) is 32.0 Å². The molecule has 37 heavy (non-hydrogen) atoms. The quantitative estimate of drug-likeness (QED) is 0.402. The Hall–Kier alpha value is -2.90. The maximum atomic E-state index is 13.6. The molecule has 0 aliphatic heterocycles. The summed E-state index contributed by atoms with van der Waals surface area (Å²) in [4.78, 5) is 34.9. The number of nitrogens with zero attached hydrogens (tertiary/aromatic N) is 2. The minimum absolute atomic E-state index is 0.145. The van der Waals surface area contributed by atoms with Gasteiger partial charge >= 0.3 is 0 Å². The maximum absolute atomic E-state index is 13.6. The molecule has 2 heterocycles. The summed E-state index contributed by atoms with van der Waals surface area (Å²) < 4.78 is 0. The molecule has 1 saturated carbocycles. The molecule has 1 aromatic carbocycles. The number of benzene rings is 1. The number of amides is 1. The molecule has 0 atom stereocenters. The van der Waals surface area contributed by atoms with Gasteiger partial charge in [0.05, 0.1) is 0 Å². The normalized spacial score (nSPS) is 17.7. The fourth-order valence-electron chi connectivity index (χ4n) is 5.69. The molecular formula is C30H40N4O2S. The van der Waals surface area contributed by atoms with E-state index in [0.29, 0.717) is 23.2 Å². The van der Waals surface area contributed by atoms with Gasteiger partial charge in [-0.15, -0.1) is 11.3 Å². The van der Waals surface area contributed by atoms with Gasteiger partial charge in [0.1, 0.15) is 0 Å². The zero-order valence-electron chi connectivity index (χ0n) is 23.0. The Morgan fingerprint density at radius 1 is 1.08 bits per heavy atom. The zero-order valence-corrected chi connectivity index (χ0v) is 23.8. The van der Waals surface area contributed by atoms with Gasteiger partial charge in [0.15, 0.2) is 0 Å². The van der Waals surface area contributed by atoms with Crippen LogP contribution in [-0.2, 0) is 6.54 Å². The molecule has 2 N–H and O–H groups in total. The zero-order chi connectivity index (χ0) is 26.7. The van der Waals surface area contributed by atoms with E-state index in [4.69, 9.17) is 0 Å². The topological polar surface area (TPSA) is 68.4 Å². The standard InChI is InChI=1S/C30H40N4O2S/c1-7-34(24-12-10-23(11-13-24)33(5)6)27-17-22(28-9-8-14-37-28)16-25(21(27)4)29(35)31-18-26-19(2)15-20(3)32-30(26)36/h8-9,14-17,23-24H,7,10-13,18H2,1-6H3,(H,31,35)(H,32,36). The summed E-state index contributed by atoms with van der Waals surface area (Å²) in [5.41, 5.74) is 6.01. The highest BCUT2D eigenvalue weighted by Gasteiger charge is 2.28. The van der Waals surface area contributed by atoms with E-state index in [1.165, 1.54) is 12.8 Å². The minimum atomic E-state index is -0.149. The van der Waals surface area contributed by atoms with Crippen LogP contribution in [0.15, 0.2) is 40.5 Å². The average molecular weight is 521 g/mol. The fourth-order valence-corrected chi connectivity index (χ4v) is 6.41. The molecule has 1 aliphatic carbocycles. The molecule has 3 aromatic rings. The second-order valence-electron chi connectivity index (χ2n) is 10.5. The Kier molecular flexibility index (Phi) is 8.55. The highest BCUT2D eigenvalue weighted by Crippen LogP contribution is 2.36. The monoisotopic (exact) mass is 520 g/mol. The number of carbonyl (C=O) groups is 1. The number of aromatic amines is 1. The van der Waals surface area contributed by atoms with Gasteiger partial charge in [-0.2, -0.15) is 0 Å². The molecule has 6 nitrogen and oxygen atoms in total. The summed E-state index contributed by atoms with van der Waals surface area (Å²) in [5, 5.41) is 5.10. The number of carbonyl (C=O) groups excluding carboxylic acids is 1. The number of aryl methyl sites for hydroxylation is 2. The predicted molar refractivity (Wildman–Crippen MR) is 155 cm³/mol. The van der Waals surface area contributed by atoms with Crippen molar-refractivity contribution in [1.29, 1.82) is 0 Å². The summed E-state index contributed by atoms with van der Waals surface area (Å²) >= 11 is 1.68. The van der Waals surface area contributed by atoms with Gasteiger partial charge in [-0.1, -0.05) is 6.07 Å². The van der Waals surface area contributed by atoms with Crippen LogP contribution in [0.5, 0.6) is 0 Å². The molecule has 0 bridgehead atoms. The number of anilines is 1. The molecule has 0 spiro atoms. The van der Waals surface area contributed by atoms with Crippen molar-refractivity contribution in [3.63, 3.8) is 0 Å². The average Bonchev–Trinajstić information content (AvgIpc) is 3.40. The molecular weight excluding hydrogens is 480 g/mol. The first-order valence-electron chi connectivity index (χ1n) is 13.3. The van der Waals surface area contributed by atoms with Crippen LogP contribution in [-0.4, -0.2) is 48.5 Å². The van der Waals surface area contributed by atoms with Crippen LogP contribution in [0.2, 0.25) is 0 Å². The van der Waals surface area contributed by atoms with Gasteiger partial charge < -0.3 is 20.1 Å². The maximum Gasteiger partial charge on any atom is 0.253 e. The predicted octanol–water partition coefficient (Wildman–Crippen LogP) is 5.66. The molecule has 7 heteroatoms. The number of rotatable bonds is 8. The van der Waals surface area contributed by atoms with Crippen molar-refractivity contribution in [2.45, 2.75) is 72.0 Å². The lowest BCUT2D eigenvalue weighted by molar-refractivity contribution is 0.0950. The van der Waals surface area contributed by atoms with E-state index in [-0.39, 0.29) is 18.0 Å². The highest BCUT2D eigenvalue weighted by atomic mass is 32.1. The molecule has 0 unspecified atom stereocenters. The largest absolute Gasteiger partial charge is 0.369 e. The lowest BCUT2D eigenvalue weighted by atomic mass is 9.88. The van der Waals surface area contributed by atoms with Gasteiger partial charge in [0.25, 0.3) is 11.5 Å². The van der Waals surface area contributed by atoms with Crippen molar-refractivity contribution < 1.29 is 4.79 Å². The van der Waals surface area contributed by atoms with Crippen LogP contribution >= 0.6 is 11.3 Å². The van der Waals surface area contributed by atoms with Crippen LogP contribution < -0.4 is 15.8 Å². The smallest absolute Gasteiger partial charge is 0.253 e. The third-order valence-electron chi connectivity index (χ3n) is 7.84. The third-order valence-corrected chi connectivity index (χ3v) is 8.76. The van der Waals surface area contributed by atoms with Gasteiger partial charge in [-0.25, -0.2) is 0 Å². The van der Waals surface area contributed by atoms with Gasteiger partial charge in [0, 0.05) is 52.6 Å². The summed E-state index contributed by atoms with van der Waals surface area (Å²) in [7, 11) is 4.35. The molecule has 1 aliphatic rings. The molecule has 1 fully saturated rings. The summed E-state index contributed by atoms with van der Waals surface area (Å²) in [5.74, 6) is -0.149.